The lowest BCUT2D eigenvalue weighted by Crippen LogP contribution is -2.60. The van der Waals surface area contributed by atoms with Crippen LogP contribution in [0.15, 0.2) is 60.7 Å². The van der Waals surface area contributed by atoms with Crippen LogP contribution in [0.25, 0.3) is 0 Å². The third kappa shape index (κ3) is 4.20. The Morgan fingerprint density at radius 1 is 0.885 bits per heavy atom. The molecule has 0 saturated carbocycles. The van der Waals surface area contributed by atoms with E-state index in [4.69, 9.17) is 14.2 Å². The maximum atomic E-state index is 12.0. The van der Waals surface area contributed by atoms with Crippen LogP contribution in [0.4, 0.5) is 0 Å². The first-order chi connectivity index (χ1) is 12.6. The molecule has 3 N–H and O–H groups in total. The lowest BCUT2D eigenvalue weighted by molar-refractivity contribution is -0.277. The first kappa shape index (κ1) is 18.3. The van der Waals surface area contributed by atoms with Gasteiger partial charge in [0.05, 0.1) is 5.56 Å². The van der Waals surface area contributed by atoms with Crippen LogP contribution in [-0.4, -0.2) is 58.6 Å². The highest BCUT2D eigenvalue weighted by Gasteiger charge is 2.45. The minimum atomic E-state index is -1.50. The molecule has 0 radical (unpaired) electrons. The molecule has 1 saturated heterocycles. The number of carbonyl (C=O) groups is 1. The first-order valence-electron chi connectivity index (χ1n) is 8.20. The maximum Gasteiger partial charge on any atom is 0.338 e. The van der Waals surface area contributed by atoms with Crippen LogP contribution in [0.2, 0.25) is 0 Å². The van der Waals surface area contributed by atoms with Crippen LogP contribution in [-0.2, 0) is 9.47 Å². The number of para-hydroxylation sites is 1. The molecule has 3 rings (SSSR count). The molecule has 0 spiro atoms. The van der Waals surface area contributed by atoms with Crippen molar-refractivity contribution >= 4 is 5.97 Å². The fourth-order valence-electron chi connectivity index (χ4n) is 2.60. The van der Waals surface area contributed by atoms with Crippen LogP contribution in [0.5, 0.6) is 5.75 Å². The Kier molecular flexibility index (Phi) is 5.85. The van der Waals surface area contributed by atoms with E-state index in [2.05, 4.69) is 0 Å². The lowest BCUT2D eigenvalue weighted by Gasteiger charge is -2.39. The van der Waals surface area contributed by atoms with Gasteiger partial charge in [-0.05, 0) is 24.3 Å². The zero-order valence-corrected chi connectivity index (χ0v) is 13.8. The second kappa shape index (κ2) is 8.29. The molecule has 0 bridgehead atoms. The van der Waals surface area contributed by atoms with Gasteiger partial charge in [0.2, 0.25) is 6.29 Å². The zero-order valence-electron chi connectivity index (χ0n) is 13.8. The summed E-state index contributed by atoms with van der Waals surface area (Å²) in [5, 5.41) is 30.2. The molecule has 0 unspecified atom stereocenters. The fraction of sp³-hybridized carbons (Fsp3) is 0.316. The molecule has 1 fully saturated rings. The number of aliphatic hydroxyl groups is 3. The molecule has 2 aromatic rings. The van der Waals surface area contributed by atoms with E-state index in [-0.39, 0.29) is 6.61 Å². The van der Waals surface area contributed by atoms with Crippen molar-refractivity contribution in [3.8, 4) is 5.75 Å². The molecule has 7 heteroatoms. The quantitative estimate of drug-likeness (QED) is 0.675. The van der Waals surface area contributed by atoms with Gasteiger partial charge in [0.1, 0.15) is 36.8 Å². The maximum absolute atomic E-state index is 12.0. The van der Waals surface area contributed by atoms with E-state index >= 15 is 0 Å². The number of hydrogen-bond donors (Lipinski definition) is 3. The summed E-state index contributed by atoms with van der Waals surface area (Å²) in [7, 11) is 0. The van der Waals surface area contributed by atoms with Crippen molar-refractivity contribution in [2.24, 2.45) is 0 Å². The minimum Gasteiger partial charge on any atom is -0.462 e. The van der Waals surface area contributed by atoms with E-state index in [0.717, 1.165) is 0 Å². The van der Waals surface area contributed by atoms with Gasteiger partial charge < -0.3 is 29.5 Å². The molecule has 1 aliphatic rings. The Labute approximate surface area is 150 Å². The van der Waals surface area contributed by atoms with Gasteiger partial charge in [-0.1, -0.05) is 36.4 Å². The van der Waals surface area contributed by atoms with Gasteiger partial charge in [-0.2, -0.15) is 0 Å². The normalized spacial score (nSPS) is 28.3. The van der Waals surface area contributed by atoms with Crippen LogP contribution in [0.1, 0.15) is 10.4 Å². The Morgan fingerprint density at radius 2 is 1.50 bits per heavy atom. The van der Waals surface area contributed by atoms with E-state index in [1.807, 2.05) is 0 Å². The average Bonchev–Trinajstić information content (AvgIpc) is 2.68. The first-order valence-corrected chi connectivity index (χ1v) is 8.20. The predicted octanol–water partition coefficient (Wildman–Crippen LogP) is 0.730. The SMILES string of the molecule is O=C(OC[C@H]1O[C@@H](Oc2ccccc2)[C@H](O)[C@@H](O)[C@@H]1O)c1ccccc1. The van der Waals surface area contributed by atoms with Crippen LogP contribution in [0.3, 0.4) is 0 Å². The highest BCUT2D eigenvalue weighted by Crippen LogP contribution is 2.24. The highest BCUT2D eigenvalue weighted by atomic mass is 16.7. The monoisotopic (exact) mass is 360 g/mol. The van der Waals surface area contributed by atoms with Gasteiger partial charge in [-0.25, -0.2) is 4.79 Å². The third-order valence-corrected chi connectivity index (χ3v) is 4.05. The van der Waals surface area contributed by atoms with Gasteiger partial charge in [0.15, 0.2) is 0 Å². The Bertz CT molecular complexity index is 706. The number of rotatable bonds is 5. The van der Waals surface area contributed by atoms with Gasteiger partial charge >= 0.3 is 5.97 Å². The Balaban J connectivity index is 1.63. The molecule has 1 aliphatic heterocycles. The highest BCUT2D eigenvalue weighted by molar-refractivity contribution is 5.89. The van der Waals surface area contributed by atoms with Gasteiger partial charge in [-0.15, -0.1) is 0 Å². The summed E-state index contributed by atoms with van der Waals surface area (Å²) < 4.78 is 16.2. The van der Waals surface area contributed by atoms with Gasteiger partial charge in [0.25, 0.3) is 0 Å². The molecule has 26 heavy (non-hydrogen) atoms. The van der Waals surface area contributed by atoms with Gasteiger partial charge in [0, 0.05) is 0 Å². The van der Waals surface area contributed by atoms with Crippen molar-refractivity contribution in [1.82, 2.24) is 0 Å². The van der Waals surface area contributed by atoms with Crippen molar-refractivity contribution in [3.05, 3.63) is 66.2 Å². The summed E-state index contributed by atoms with van der Waals surface area (Å²) in [5.74, 6) is -0.150. The molecule has 2 aromatic carbocycles. The minimum absolute atomic E-state index is 0.298. The van der Waals surface area contributed by atoms with Crippen LogP contribution >= 0.6 is 0 Å². The topological polar surface area (TPSA) is 105 Å². The summed E-state index contributed by atoms with van der Waals surface area (Å²) in [6, 6.07) is 17.0. The van der Waals surface area contributed by atoms with Crippen molar-refractivity contribution in [3.63, 3.8) is 0 Å². The predicted molar refractivity (Wildman–Crippen MR) is 90.5 cm³/mol. The number of ether oxygens (including phenoxy) is 3. The van der Waals surface area contributed by atoms with E-state index in [1.54, 1.807) is 60.7 Å². The zero-order chi connectivity index (χ0) is 18.5. The smallest absolute Gasteiger partial charge is 0.338 e. The third-order valence-electron chi connectivity index (χ3n) is 4.05. The average molecular weight is 360 g/mol. The van der Waals surface area contributed by atoms with Crippen molar-refractivity contribution < 1.29 is 34.3 Å². The summed E-state index contributed by atoms with van der Waals surface area (Å²) in [5.41, 5.74) is 0.357. The number of aliphatic hydroxyl groups excluding tert-OH is 3. The van der Waals surface area contributed by atoms with Crippen LogP contribution < -0.4 is 4.74 Å². The molecular formula is C19H20O7. The lowest BCUT2D eigenvalue weighted by atomic mass is 9.99. The number of esters is 1. The molecule has 0 amide bonds. The van der Waals surface area contributed by atoms with Crippen molar-refractivity contribution in [2.75, 3.05) is 6.61 Å². The summed E-state index contributed by atoms with van der Waals surface area (Å²) in [4.78, 5) is 12.0. The van der Waals surface area contributed by atoms with Crippen molar-refractivity contribution in [2.45, 2.75) is 30.7 Å². The van der Waals surface area contributed by atoms with Crippen LogP contribution in [0, 0.1) is 0 Å². The number of hydrogen-bond acceptors (Lipinski definition) is 7. The second-order valence-corrected chi connectivity index (χ2v) is 5.91. The van der Waals surface area contributed by atoms with E-state index in [9.17, 15) is 20.1 Å². The summed E-state index contributed by atoms with van der Waals surface area (Å²) >= 11 is 0. The number of carbonyl (C=O) groups excluding carboxylic acids is 1. The largest absolute Gasteiger partial charge is 0.462 e. The van der Waals surface area contributed by atoms with Gasteiger partial charge in [-0.3, -0.25) is 0 Å². The standard InChI is InChI=1S/C19H20O7/c20-15-14(11-24-18(23)12-7-3-1-4-8-12)26-19(17(22)16(15)21)25-13-9-5-2-6-10-13/h1-10,14-17,19-22H,11H2/t14-,15-,16+,17-,19-/m1/s1. The molecule has 0 aliphatic carbocycles. The molecule has 7 nitrogen and oxygen atoms in total. The molecule has 5 atom stereocenters. The molecular weight excluding hydrogens is 340 g/mol. The van der Waals surface area contributed by atoms with Crippen molar-refractivity contribution in [1.29, 1.82) is 0 Å². The summed E-state index contributed by atoms with van der Waals surface area (Å²) in [6.45, 7) is -0.298. The van der Waals surface area contributed by atoms with E-state index in [0.29, 0.717) is 11.3 Å². The van der Waals surface area contributed by atoms with E-state index < -0.39 is 36.7 Å². The molecule has 0 aromatic heterocycles. The number of benzene rings is 2. The second-order valence-electron chi connectivity index (χ2n) is 5.91. The summed E-state index contributed by atoms with van der Waals surface area (Å²) in [6.07, 6.45) is -6.64. The molecule has 1 heterocycles. The Hall–Kier alpha value is -2.45. The molecule has 138 valence electrons. The fourth-order valence-corrected chi connectivity index (χ4v) is 2.60. The Morgan fingerprint density at radius 3 is 2.15 bits per heavy atom. The van der Waals surface area contributed by atoms with E-state index in [1.165, 1.54) is 0 Å².